The van der Waals surface area contributed by atoms with Crippen LogP contribution in [0.1, 0.15) is 49.4 Å². The van der Waals surface area contributed by atoms with E-state index < -0.39 is 6.04 Å². The van der Waals surface area contributed by atoms with Gasteiger partial charge < -0.3 is 4.90 Å². The van der Waals surface area contributed by atoms with Crippen molar-refractivity contribution in [1.82, 2.24) is 14.5 Å². The van der Waals surface area contributed by atoms with Gasteiger partial charge in [-0.25, -0.2) is 4.98 Å². The third kappa shape index (κ3) is 4.90. The summed E-state index contributed by atoms with van der Waals surface area (Å²) >= 11 is 6.05. The molecule has 174 valence electrons. The maximum absolute atomic E-state index is 13.6. The number of hydrogen-bond donors (Lipinski definition) is 0. The number of halogens is 1. The summed E-state index contributed by atoms with van der Waals surface area (Å²) in [7, 11) is 0. The monoisotopic (exact) mass is 473 g/mol. The summed E-state index contributed by atoms with van der Waals surface area (Å²) in [5.74, 6) is 0.821. The van der Waals surface area contributed by atoms with E-state index in [1.165, 1.54) is 0 Å². The quantitative estimate of drug-likeness (QED) is 0.317. The highest BCUT2D eigenvalue weighted by Gasteiger charge is 2.27. The van der Waals surface area contributed by atoms with Crippen LogP contribution in [0.15, 0.2) is 83.7 Å². The molecule has 0 aliphatic carbocycles. The first kappa shape index (κ1) is 23.7. The standard InChI is InChI=1S/C28H28ClN3O2/c1-19(2)17-18-31(27(33)21-13-15-22(29)16-14-21)20(3)26-30-25-12-8-7-11-24(25)28(34)32(26)23-9-5-4-6-10-23/h4-16,19-20H,17-18H2,1-3H3. The minimum Gasteiger partial charge on any atom is -0.329 e. The van der Waals surface area contributed by atoms with Gasteiger partial charge in [0.25, 0.3) is 11.5 Å². The molecule has 0 N–H and O–H groups in total. The fourth-order valence-electron chi connectivity index (χ4n) is 4.02. The van der Waals surface area contributed by atoms with E-state index >= 15 is 0 Å². The van der Waals surface area contributed by atoms with Crippen LogP contribution in [0.3, 0.4) is 0 Å². The van der Waals surface area contributed by atoms with E-state index in [2.05, 4.69) is 13.8 Å². The average molecular weight is 474 g/mol. The van der Waals surface area contributed by atoms with Crippen LogP contribution in [0.4, 0.5) is 0 Å². The Hall–Kier alpha value is -3.44. The molecule has 5 nitrogen and oxygen atoms in total. The van der Waals surface area contributed by atoms with Crippen LogP contribution in [0.2, 0.25) is 5.02 Å². The van der Waals surface area contributed by atoms with Crippen molar-refractivity contribution in [2.75, 3.05) is 6.54 Å². The van der Waals surface area contributed by atoms with Crippen LogP contribution in [0.25, 0.3) is 16.6 Å². The first-order valence-electron chi connectivity index (χ1n) is 11.5. The van der Waals surface area contributed by atoms with Gasteiger partial charge in [0, 0.05) is 17.1 Å². The van der Waals surface area contributed by atoms with Crippen molar-refractivity contribution in [1.29, 1.82) is 0 Å². The summed E-state index contributed by atoms with van der Waals surface area (Å²) in [5, 5.41) is 1.12. The number of carbonyl (C=O) groups excluding carboxylic acids is 1. The molecule has 1 amide bonds. The number of para-hydroxylation sites is 2. The molecule has 0 spiro atoms. The molecule has 0 fully saturated rings. The maximum atomic E-state index is 13.6. The summed E-state index contributed by atoms with van der Waals surface area (Å²) in [4.78, 5) is 34.0. The zero-order valence-corrected chi connectivity index (χ0v) is 20.4. The lowest BCUT2D eigenvalue weighted by molar-refractivity contribution is 0.0671. The molecule has 0 bridgehead atoms. The van der Waals surface area contributed by atoms with Crippen LogP contribution < -0.4 is 5.56 Å². The molecule has 1 heterocycles. The van der Waals surface area contributed by atoms with Gasteiger partial charge in [-0.15, -0.1) is 0 Å². The van der Waals surface area contributed by atoms with Gasteiger partial charge in [-0.3, -0.25) is 14.2 Å². The molecular weight excluding hydrogens is 446 g/mol. The van der Waals surface area contributed by atoms with Gasteiger partial charge in [0.15, 0.2) is 0 Å². The lowest BCUT2D eigenvalue weighted by Crippen LogP contribution is -2.38. The largest absolute Gasteiger partial charge is 0.329 e. The topological polar surface area (TPSA) is 55.2 Å². The van der Waals surface area contributed by atoms with E-state index in [9.17, 15) is 9.59 Å². The van der Waals surface area contributed by atoms with Crippen LogP contribution in [0, 0.1) is 5.92 Å². The molecule has 1 aromatic heterocycles. The SMILES string of the molecule is CC(C)CCN(C(=O)c1ccc(Cl)cc1)C(C)c1nc2ccccc2c(=O)n1-c1ccccc1. The summed E-state index contributed by atoms with van der Waals surface area (Å²) in [6.07, 6.45) is 0.826. The van der Waals surface area contributed by atoms with Gasteiger partial charge in [0.2, 0.25) is 0 Å². The Morgan fingerprint density at radius 2 is 1.59 bits per heavy atom. The van der Waals surface area contributed by atoms with E-state index in [1.807, 2.05) is 55.5 Å². The van der Waals surface area contributed by atoms with Crippen molar-refractivity contribution in [3.63, 3.8) is 0 Å². The highest BCUT2D eigenvalue weighted by Crippen LogP contribution is 2.26. The Balaban J connectivity index is 1.88. The zero-order valence-electron chi connectivity index (χ0n) is 19.6. The number of benzene rings is 3. The second-order valence-electron chi connectivity index (χ2n) is 8.83. The Morgan fingerprint density at radius 1 is 0.941 bits per heavy atom. The zero-order chi connectivity index (χ0) is 24.2. The predicted octanol–water partition coefficient (Wildman–Crippen LogP) is 6.29. The normalized spacial score (nSPS) is 12.1. The van der Waals surface area contributed by atoms with Crippen molar-refractivity contribution in [2.24, 2.45) is 5.92 Å². The molecule has 1 unspecified atom stereocenters. The Labute approximate surface area is 204 Å². The van der Waals surface area contributed by atoms with Crippen molar-refractivity contribution in [2.45, 2.75) is 33.2 Å². The third-order valence-electron chi connectivity index (χ3n) is 5.96. The summed E-state index contributed by atoms with van der Waals surface area (Å²) in [5.41, 5.74) is 1.73. The molecule has 0 saturated carbocycles. The molecule has 4 rings (SSSR count). The third-order valence-corrected chi connectivity index (χ3v) is 6.21. The van der Waals surface area contributed by atoms with Crippen molar-refractivity contribution in [3.05, 3.63) is 106 Å². The molecule has 0 aliphatic heterocycles. The van der Waals surface area contributed by atoms with Gasteiger partial charge in [-0.05, 0) is 67.8 Å². The number of hydrogen-bond acceptors (Lipinski definition) is 3. The summed E-state index contributed by atoms with van der Waals surface area (Å²) in [6.45, 7) is 6.73. The first-order valence-corrected chi connectivity index (χ1v) is 11.9. The number of carbonyl (C=O) groups is 1. The van der Waals surface area contributed by atoms with Gasteiger partial charge >= 0.3 is 0 Å². The van der Waals surface area contributed by atoms with Gasteiger partial charge in [-0.2, -0.15) is 0 Å². The average Bonchev–Trinajstić information content (AvgIpc) is 2.84. The smallest absolute Gasteiger partial charge is 0.266 e. The van der Waals surface area contributed by atoms with Crippen molar-refractivity contribution in [3.8, 4) is 5.69 Å². The van der Waals surface area contributed by atoms with Crippen LogP contribution in [-0.4, -0.2) is 26.9 Å². The molecule has 0 radical (unpaired) electrons. The molecule has 1 atom stereocenters. The van der Waals surface area contributed by atoms with E-state index in [0.717, 1.165) is 12.1 Å². The van der Waals surface area contributed by atoms with Crippen LogP contribution in [-0.2, 0) is 0 Å². The molecule has 3 aromatic carbocycles. The molecule has 4 aromatic rings. The van der Waals surface area contributed by atoms with E-state index in [0.29, 0.717) is 39.8 Å². The number of amides is 1. The Morgan fingerprint density at radius 3 is 2.26 bits per heavy atom. The minimum atomic E-state index is -0.445. The number of nitrogens with zero attached hydrogens (tertiary/aromatic N) is 3. The first-order chi connectivity index (χ1) is 16.4. The fraction of sp³-hybridized carbons (Fsp3) is 0.250. The van der Waals surface area contributed by atoms with E-state index in [1.54, 1.807) is 39.8 Å². The molecular formula is C28H28ClN3O2. The van der Waals surface area contributed by atoms with E-state index in [-0.39, 0.29) is 11.5 Å². The number of aromatic nitrogens is 2. The minimum absolute atomic E-state index is 0.119. The van der Waals surface area contributed by atoms with E-state index in [4.69, 9.17) is 16.6 Å². The lowest BCUT2D eigenvalue weighted by atomic mass is 10.1. The van der Waals surface area contributed by atoms with Gasteiger partial charge in [-0.1, -0.05) is 55.8 Å². The summed E-state index contributed by atoms with van der Waals surface area (Å²) in [6, 6.07) is 23.2. The Bertz CT molecular complexity index is 1350. The maximum Gasteiger partial charge on any atom is 0.266 e. The lowest BCUT2D eigenvalue weighted by Gasteiger charge is -2.31. The molecule has 0 aliphatic rings. The van der Waals surface area contributed by atoms with Crippen molar-refractivity contribution >= 4 is 28.4 Å². The van der Waals surface area contributed by atoms with Gasteiger partial charge in [0.05, 0.1) is 22.6 Å². The van der Waals surface area contributed by atoms with Crippen LogP contribution in [0.5, 0.6) is 0 Å². The fourth-order valence-corrected chi connectivity index (χ4v) is 4.15. The summed E-state index contributed by atoms with van der Waals surface area (Å²) < 4.78 is 1.63. The number of rotatable bonds is 7. The molecule has 34 heavy (non-hydrogen) atoms. The second kappa shape index (κ2) is 10.2. The molecule has 6 heteroatoms. The predicted molar refractivity (Wildman–Crippen MR) is 138 cm³/mol. The molecule has 0 saturated heterocycles. The Kier molecular flexibility index (Phi) is 7.13. The van der Waals surface area contributed by atoms with Gasteiger partial charge in [0.1, 0.15) is 5.82 Å². The number of fused-ring (bicyclic) bond motifs is 1. The van der Waals surface area contributed by atoms with Crippen molar-refractivity contribution < 1.29 is 4.79 Å². The highest BCUT2D eigenvalue weighted by molar-refractivity contribution is 6.30. The second-order valence-corrected chi connectivity index (χ2v) is 9.26. The highest BCUT2D eigenvalue weighted by atomic mass is 35.5. The van der Waals surface area contributed by atoms with Crippen LogP contribution >= 0.6 is 11.6 Å².